The summed E-state index contributed by atoms with van der Waals surface area (Å²) in [6.45, 7) is 2.84. The summed E-state index contributed by atoms with van der Waals surface area (Å²) < 4.78 is 10.5. The molecular formula is C13H18ClNO3. The molecule has 0 bridgehead atoms. The molecule has 5 heteroatoms. The maximum atomic E-state index is 11.8. The number of benzene rings is 1. The van der Waals surface area contributed by atoms with E-state index < -0.39 is 6.10 Å². The summed E-state index contributed by atoms with van der Waals surface area (Å²) in [4.78, 5) is 11.8. The lowest BCUT2D eigenvalue weighted by atomic mass is 10.2. The van der Waals surface area contributed by atoms with Crippen molar-refractivity contribution in [2.45, 2.75) is 19.4 Å². The van der Waals surface area contributed by atoms with E-state index in [0.29, 0.717) is 30.3 Å². The lowest BCUT2D eigenvalue weighted by Crippen LogP contribution is -2.39. The SMILES string of the molecule is CCC(Oc1ccccc1Cl)C(=O)NCCOC. The third-order valence-electron chi connectivity index (χ3n) is 2.37. The molecule has 0 aromatic heterocycles. The zero-order chi connectivity index (χ0) is 13.4. The number of hydrogen-bond donors (Lipinski definition) is 1. The molecule has 18 heavy (non-hydrogen) atoms. The topological polar surface area (TPSA) is 47.6 Å². The molecular weight excluding hydrogens is 254 g/mol. The van der Waals surface area contributed by atoms with Crippen LogP contribution < -0.4 is 10.1 Å². The minimum absolute atomic E-state index is 0.158. The van der Waals surface area contributed by atoms with Gasteiger partial charge in [-0.05, 0) is 18.6 Å². The van der Waals surface area contributed by atoms with Gasteiger partial charge in [-0.3, -0.25) is 4.79 Å². The van der Waals surface area contributed by atoms with Gasteiger partial charge in [0, 0.05) is 13.7 Å². The second kappa shape index (κ2) is 7.95. The Morgan fingerprint density at radius 2 is 2.17 bits per heavy atom. The summed E-state index contributed by atoms with van der Waals surface area (Å²) in [6.07, 6.45) is 0.0334. The minimum atomic E-state index is -0.540. The average Bonchev–Trinajstić information content (AvgIpc) is 2.38. The lowest BCUT2D eigenvalue weighted by Gasteiger charge is -2.17. The molecule has 0 fully saturated rings. The van der Waals surface area contributed by atoms with Gasteiger partial charge in [-0.25, -0.2) is 0 Å². The van der Waals surface area contributed by atoms with Crippen LogP contribution in [0.3, 0.4) is 0 Å². The van der Waals surface area contributed by atoms with Crippen molar-refractivity contribution in [1.29, 1.82) is 0 Å². The zero-order valence-electron chi connectivity index (χ0n) is 10.6. The molecule has 1 unspecified atom stereocenters. The lowest BCUT2D eigenvalue weighted by molar-refractivity contribution is -0.128. The first kappa shape index (κ1) is 14.8. The van der Waals surface area contributed by atoms with Gasteiger partial charge in [-0.15, -0.1) is 0 Å². The molecule has 0 saturated heterocycles. The maximum Gasteiger partial charge on any atom is 0.261 e. The third-order valence-corrected chi connectivity index (χ3v) is 2.69. The van der Waals surface area contributed by atoms with Crippen LogP contribution in [-0.2, 0) is 9.53 Å². The van der Waals surface area contributed by atoms with Gasteiger partial charge in [0.25, 0.3) is 5.91 Å². The summed E-state index contributed by atoms with van der Waals surface area (Å²) in [5, 5.41) is 3.24. The Bertz CT molecular complexity index is 384. The Morgan fingerprint density at radius 3 is 2.78 bits per heavy atom. The smallest absolute Gasteiger partial charge is 0.261 e. The van der Waals surface area contributed by atoms with E-state index >= 15 is 0 Å². The molecule has 0 spiro atoms. The van der Waals surface area contributed by atoms with Crippen molar-refractivity contribution in [1.82, 2.24) is 5.32 Å². The van der Waals surface area contributed by atoms with Crippen LogP contribution in [0.25, 0.3) is 0 Å². The molecule has 1 aromatic carbocycles. The Morgan fingerprint density at radius 1 is 1.44 bits per heavy atom. The minimum Gasteiger partial charge on any atom is -0.479 e. The van der Waals surface area contributed by atoms with Crippen LogP contribution in [0.1, 0.15) is 13.3 Å². The van der Waals surface area contributed by atoms with E-state index in [1.165, 1.54) is 0 Å². The molecule has 0 heterocycles. The van der Waals surface area contributed by atoms with Crippen LogP contribution in [0.5, 0.6) is 5.75 Å². The van der Waals surface area contributed by atoms with Crippen LogP contribution in [0.4, 0.5) is 0 Å². The predicted octanol–water partition coefficient (Wildman–Crippen LogP) is 2.26. The third kappa shape index (κ3) is 4.55. The first-order chi connectivity index (χ1) is 8.69. The normalized spacial score (nSPS) is 11.9. The van der Waals surface area contributed by atoms with Gasteiger partial charge in [-0.1, -0.05) is 30.7 Å². The highest BCUT2D eigenvalue weighted by molar-refractivity contribution is 6.32. The number of para-hydroxylation sites is 1. The van der Waals surface area contributed by atoms with Gasteiger partial charge < -0.3 is 14.8 Å². The Hall–Kier alpha value is -1.26. The molecule has 0 radical (unpaired) electrons. The van der Waals surface area contributed by atoms with Crippen molar-refractivity contribution in [3.63, 3.8) is 0 Å². The summed E-state index contributed by atoms with van der Waals surface area (Å²) in [7, 11) is 1.59. The summed E-state index contributed by atoms with van der Waals surface area (Å²) in [5.74, 6) is 0.363. The molecule has 1 aromatic rings. The number of nitrogens with one attached hydrogen (secondary N) is 1. The highest BCUT2D eigenvalue weighted by Crippen LogP contribution is 2.24. The van der Waals surface area contributed by atoms with Gasteiger partial charge in [0.1, 0.15) is 5.75 Å². The zero-order valence-corrected chi connectivity index (χ0v) is 11.4. The quantitative estimate of drug-likeness (QED) is 0.774. The van der Waals surface area contributed by atoms with Gasteiger partial charge >= 0.3 is 0 Å². The van der Waals surface area contributed by atoms with Crippen molar-refractivity contribution in [3.8, 4) is 5.75 Å². The Balaban J connectivity index is 2.56. The van der Waals surface area contributed by atoms with E-state index in [4.69, 9.17) is 21.1 Å². The van der Waals surface area contributed by atoms with E-state index in [-0.39, 0.29) is 5.91 Å². The fraction of sp³-hybridized carbons (Fsp3) is 0.462. The number of carbonyl (C=O) groups excluding carboxylic acids is 1. The highest BCUT2D eigenvalue weighted by atomic mass is 35.5. The van der Waals surface area contributed by atoms with E-state index in [1.54, 1.807) is 19.2 Å². The first-order valence-electron chi connectivity index (χ1n) is 5.86. The van der Waals surface area contributed by atoms with E-state index in [0.717, 1.165) is 0 Å². The van der Waals surface area contributed by atoms with Gasteiger partial charge in [-0.2, -0.15) is 0 Å². The number of hydrogen-bond acceptors (Lipinski definition) is 3. The summed E-state index contributed by atoms with van der Waals surface area (Å²) in [5.41, 5.74) is 0. The Kier molecular flexibility index (Phi) is 6.54. The first-order valence-corrected chi connectivity index (χ1v) is 6.24. The number of methoxy groups -OCH3 is 1. The van der Waals surface area contributed by atoms with E-state index in [1.807, 2.05) is 19.1 Å². The monoisotopic (exact) mass is 271 g/mol. The van der Waals surface area contributed by atoms with Gasteiger partial charge in [0.15, 0.2) is 6.10 Å². The summed E-state index contributed by atoms with van der Waals surface area (Å²) >= 11 is 5.98. The van der Waals surface area contributed by atoms with Crippen molar-refractivity contribution in [3.05, 3.63) is 29.3 Å². The molecule has 4 nitrogen and oxygen atoms in total. The largest absolute Gasteiger partial charge is 0.479 e. The number of rotatable bonds is 7. The van der Waals surface area contributed by atoms with Crippen molar-refractivity contribution in [2.24, 2.45) is 0 Å². The fourth-order valence-electron chi connectivity index (χ4n) is 1.41. The van der Waals surface area contributed by atoms with Crippen molar-refractivity contribution in [2.75, 3.05) is 20.3 Å². The van der Waals surface area contributed by atoms with Crippen molar-refractivity contribution < 1.29 is 14.3 Å². The second-order valence-corrected chi connectivity index (χ2v) is 4.14. The summed E-state index contributed by atoms with van der Waals surface area (Å²) in [6, 6.07) is 7.10. The fourth-order valence-corrected chi connectivity index (χ4v) is 1.59. The van der Waals surface area contributed by atoms with Crippen LogP contribution in [-0.4, -0.2) is 32.3 Å². The van der Waals surface area contributed by atoms with E-state index in [2.05, 4.69) is 5.32 Å². The van der Waals surface area contributed by atoms with Gasteiger partial charge in [0.05, 0.1) is 11.6 Å². The maximum absolute atomic E-state index is 11.8. The highest BCUT2D eigenvalue weighted by Gasteiger charge is 2.18. The number of amides is 1. The molecule has 0 aliphatic carbocycles. The molecule has 1 amide bonds. The van der Waals surface area contributed by atoms with Crippen molar-refractivity contribution >= 4 is 17.5 Å². The van der Waals surface area contributed by atoms with Crippen LogP contribution in [0.2, 0.25) is 5.02 Å². The van der Waals surface area contributed by atoms with Gasteiger partial charge in [0.2, 0.25) is 0 Å². The molecule has 100 valence electrons. The predicted molar refractivity (Wildman–Crippen MR) is 71.0 cm³/mol. The molecule has 0 aliphatic rings. The van der Waals surface area contributed by atoms with E-state index in [9.17, 15) is 4.79 Å². The van der Waals surface area contributed by atoms with Crippen LogP contribution >= 0.6 is 11.6 Å². The van der Waals surface area contributed by atoms with Crippen LogP contribution in [0, 0.1) is 0 Å². The molecule has 0 saturated carbocycles. The standard InChI is InChI=1S/C13H18ClNO3/c1-3-11(13(16)15-8-9-17-2)18-12-7-5-4-6-10(12)14/h4-7,11H,3,8-9H2,1-2H3,(H,15,16). The molecule has 1 N–H and O–H groups in total. The number of carbonyl (C=O) groups is 1. The molecule has 0 aliphatic heterocycles. The van der Waals surface area contributed by atoms with Crippen LogP contribution in [0.15, 0.2) is 24.3 Å². The second-order valence-electron chi connectivity index (χ2n) is 3.73. The number of halogens is 1. The number of ether oxygens (including phenoxy) is 2. The Labute approximate surface area is 112 Å². The molecule has 1 rings (SSSR count). The molecule has 1 atom stereocenters. The average molecular weight is 272 g/mol.